The van der Waals surface area contributed by atoms with Crippen molar-refractivity contribution in [3.05, 3.63) is 66.7 Å². The summed E-state index contributed by atoms with van der Waals surface area (Å²) in [6.07, 6.45) is 0. The van der Waals surface area contributed by atoms with Gasteiger partial charge in [0, 0.05) is 20.6 Å². The first-order valence-electron chi connectivity index (χ1n) is 8.84. The van der Waals surface area contributed by atoms with E-state index in [4.69, 9.17) is 4.74 Å². The molecular weight excluding hydrogens is 412 g/mol. The molecule has 0 saturated heterocycles. The van der Waals surface area contributed by atoms with E-state index in [1.54, 1.807) is 18.2 Å². The summed E-state index contributed by atoms with van der Waals surface area (Å²) in [5.74, 6) is 0.451. The Morgan fingerprint density at radius 2 is 1.45 bits per heavy atom. The van der Waals surface area contributed by atoms with E-state index in [9.17, 15) is 16.8 Å². The number of sulfonamides is 2. The maximum Gasteiger partial charge on any atom is 0.242 e. The summed E-state index contributed by atoms with van der Waals surface area (Å²) in [6.45, 7) is 0.180. The highest BCUT2D eigenvalue weighted by Crippen LogP contribution is 2.19. The first-order valence-corrected chi connectivity index (χ1v) is 11.8. The van der Waals surface area contributed by atoms with Gasteiger partial charge in [-0.25, -0.2) is 25.9 Å². The van der Waals surface area contributed by atoms with Crippen LogP contribution in [0, 0.1) is 0 Å². The smallest absolute Gasteiger partial charge is 0.242 e. The molecule has 0 saturated carbocycles. The van der Waals surface area contributed by atoms with Crippen LogP contribution in [0.3, 0.4) is 0 Å². The van der Waals surface area contributed by atoms with Crippen molar-refractivity contribution in [2.75, 3.05) is 27.2 Å². The van der Waals surface area contributed by atoms with Gasteiger partial charge in [-0.05, 0) is 47.2 Å². The molecule has 0 aliphatic rings. The zero-order valence-electron chi connectivity index (χ0n) is 16.1. The first kappa shape index (κ1) is 21.3. The van der Waals surface area contributed by atoms with Gasteiger partial charge in [0.2, 0.25) is 20.0 Å². The fourth-order valence-corrected chi connectivity index (χ4v) is 4.63. The van der Waals surface area contributed by atoms with Crippen molar-refractivity contribution >= 4 is 30.8 Å². The fourth-order valence-electron chi connectivity index (χ4n) is 2.68. The van der Waals surface area contributed by atoms with Crippen LogP contribution in [0.25, 0.3) is 10.8 Å². The van der Waals surface area contributed by atoms with Crippen LogP contribution in [0.2, 0.25) is 0 Å². The molecule has 3 rings (SSSR count). The molecule has 0 unspecified atom stereocenters. The third-order valence-electron chi connectivity index (χ3n) is 4.30. The summed E-state index contributed by atoms with van der Waals surface area (Å²) >= 11 is 0. The molecule has 9 heteroatoms. The lowest BCUT2D eigenvalue weighted by Gasteiger charge is -2.12. The van der Waals surface area contributed by atoms with Gasteiger partial charge in [-0.15, -0.1) is 0 Å². The zero-order chi connectivity index (χ0) is 21.1. The Balaban J connectivity index is 1.58. The van der Waals surface area contributed by atoms with Gasteiger partial charge in [-0.3, -0.25) is 0 Å². The highest BCUT2D eigenvalue weighted by atomic mass is 32.2. The van der Waals surface area contributed by atoms with Gasteiger partial charge in [-0.1, -0.05) is 30.3 Å². The van der Waals surface area contributed by atoms with Crippen molar-refractivity contribution in [3.8, 4) is 5.75 Å². The van der Waals surface area contributed by atoms with Crippen molar-refractivity contribution in [1.82, 2.24) is 9.03 Å². The number of nitrogens with zero attached hydrogens (tertiary/aromatic N) is 1. The molecule has 0 heterocycles. The van der Waals surface area contributed by atoms with Gasteiger partial charge in [0.15, 0.2) is 0 Å². The van der Waals surface area contributed by atoms with E-state index in [-0.39, 0.29) is 22.9 Å². The van der Waals surface area contributed by atoms with Crippen molar-refractivity contribution in [1.29, 1.82) is 0 Å². The standard InChI is InChI=1S/C20H22N2O5S2/c1-22(2)29(25,26)19-11-8-18(9-12-19)27-14-13-21-28(23,24)20-10-7-16-5-3-4-6-17(16)15-20/h3-12,15,21H,13-14H2,1-2H3. The summed E-state index contributed by atoms with van der Waals surface area (Å²) < 4.78 is 58.1. The average molecular weight is 435 g/mol. The van der Waals surface area contributed by atoms with E-state index in [0.717, 1.165) is 15.1 Å². The predicted molar refractivity (Wildman–Crippen MR) is 112 cm³/mol. The van der Waals surface area contributed by atoms with E-state index in [0.29, 0.717) is 5.75 Å². The monoisotopic (exact) mass is 434 g/mol. The number of benzene rings is 3. The van der Waals surface area contributed by atoms with Crippen molar-refractivity contribution < 1.29 is 21.6 Å². The first-order chi connectivity index (χ1) is 13.7. The molecule has 154 valence electrons. The van der Waals surface area contributed by atoms with Crippen LogP contribution >= 0.6 is 0 Å². The molecule has 0 aromatic heterocycles. The zero-order valence-corrected chi connectivity index (χ0v) is 17.7. The Labute approximate surface area is 171 Å². The molecule has 0 aliphatic heterocycles. The van der Waals surface area contributed by atoms with Gasteiger partial charge in [0.05, 0.1) is 9.79 Å². The molecule has 3 aromatic rings. The summed E-state index contributed by atoms with van der Waals surface area (Å²) in [5.41, 5.74) is 0. The Hall–Kier alpha value is -2.46. The van der Waals surface area contributed by atoms with E-state index >= 15 is 0 Å². The number of rotatable bonds is 8. The van der Waals surface area contributed by atoms with Crippen LogP contribution in [0.4, 0.5) is 0 Å². The Morgan fingerprint density at radius 3 is 2.10 bits per heavy atom. The molecule has 29 heavy (non-hydrogen) atoms. The number of hydrogen-bond donors (Lipinski definition) is 1. The highest BCUT2D eigenvalue weighted by molar-refractivity contribution is 7.89. The summed E-state index contributed by atoms with van der Waals surface area (Å²) in [7, 11) is -4.24. The van der Waals surface area contributed by atoms with Gasteiger partial charge >= 0.3 is 0 Å². The third-order valence-corrected chi connectivity index (χ3v) is 7.58. The normalized spacial score (nSPS) is 12.4. The molecule has 0 aliphatic carbocycles. The van der Waals surface area contributed by atoms with Gasteiger partial charge in [0.1, 0.15) is 12.4 Å². The van der Waals surface area contributed by atoms with Crippen molar-refractivity contribution in [2.45, 2.75) is 9.79 Å². The van der Waals surface area contributed by atoms with E-state index < -0.39 is 20.0 Å². The number of hydrogen-bond acceptors (Lipinski definition) is 5. The molecule has 0 atom stereocenters. The van der Waals surface area contributed by atoms with E-state index in [1.165, 1.54) is 38.4 Å². The van der Waals surface area contributed by atoms with Crippen molar-refractivity contribution in [2.24, 2.45) is 0 Å². The Kier molecular flexibility index (Phi) is 6.23. The predicted octanol–water partition coefficient (Wildman–Crippen LogP) is 2.45. The maximum atomic E-state index is 12.5. The van der Waals surface area contributed by atoms with Crippen LogP contribution in [-0.2, 0) is 20.0 Å². The van der Waals surface area contributed by atoms with E-state index in [1.807, 2.05) is 24.3 Å². The second-order valence-corrected chi connectivity index (χ2v) is 10.4. The molecular formula is C20H22N2O5S2. The van der Waals surface area contributed by atoms with Crippen LogP contribution in [-0.4, -0.2) is 48.4 Å². The Bertz CT molecular complexity index is 1210. The molecule has 1 N–H and O–H groups in total. The minimum atomic E-state index is -3.66. The van der Waals surface area contributed by atoms with Crippen LogP contribution in [0.15, 0.2) is 76.5 Å². The topological polar surface area (TPSA) is 92.8 Å². The average Bonchev–Trinajstić information content (AvgIpc) is 2.71. The molecule has 0 fully saturated rings. The van der Waals surface area contributed by atoms with Gasteiger partial charge in [-0.2, -0.15) is 0 Å². The molecule has 3 aromatic carbocycles. The minimum Gasteiger partial charge on any atom is -0.492 e. The van der Waals surface area contributed by atoms with Crippen molar-refractivity contribution in [3.63, 3.8) is 0 Å². The third kappa shape index (κ3) is 4.94. The van der Waals surface area contributed by atoms with Crippen LogP contribution in [0.5, 0.6) is 5.75 Å². The fraction of sp³-hybridized carbons (Fsp3) is 0.200. The molecule has 0 radical (unpaired) electrons. The number of nitrogens with one attached hydrogen (secondary N) is 1. The maximum absolute atomic E-state index is 12.5. The summed E-state index contributed by atoms with van der Waals surface area (Å²) in [6, 6.07) is 18.5. The lowest BCUT2D eigenvalue weighted by Crippen LogP contribution is -2.28. The second-order valence-electron chi connectivity index (χ2n) is 6.51. The molecule has 0 spiro atoms. The van der Waals surface area contributed by atoms with Gasteiger partial charge in [0.25, 0.3) is 0 Å². The minimum absolute atomic E-state index is 0.0763. The lowest BCUT2D eigenvalue weighted by atomic mass is 10.1. The molecule has 7 nitrogen and oxygen atoms in total. The Morgan fingerprint density at radius 1 is 0.828 bits per heavy atom. The largest absolute Gasteiger partial charge is 0.492 e. The number of fused-ring (bicyclic) bond motifs is 1. The second kappa shape index (κ2) is 8.50. The quantitative estimate of drug-likeness (QED) is 0.550. The molecule has 0 bridgehead atoms. The highest BCUT2D eigenvalue weighted by Gasteiger charge is 2.17. The van der Waals surface area contributed by atoms with Gasteiger partial charge < -0.3 is 4.74 Å². The summed E-state index contributed by atoms with van der Waals surface area (Å²) in [5, 5.41) is 1.81. The number of ether oxygens (including phenoxy) is 1. The lowest BCUT2D eigenvalue weighted by molar-refractivity contribution is 0.322. The summed E-state index contributed by atoms with van der Waals surface area (Å²) in [4.78, 5) is 0.348. The SMILES string of the molecule is CN(C)S(=O)(=O)c1ccc(OCCNS(=O)(=O)c2ccc3ccccc3c2)cc1. The van der Waals surface area contributed by atoms with Crippen LogP contribution in [0.1, 0.15) is 0 Å². The van der Waals surface area contributed by atoms with E-state index in [2.05, 4.69) is 4.72 Å². The van der Waals surface area contributed by atoms with Crippen LogP contribution < -0.4 is 9.46 Å². The molecule has 0 amide bonds.